The van der Waals surface area contributed by atoms with Gasteiger partial charge in [0.25, 0.3) is 0 Å². The van der Waals surface area contributed by atoms with Crippen LogP contribution in [0.1, 0.15) is 0 Å². The van der Waals surface area contributed by atoms with Crippen LogP contribution in [-0.4, -0.2) is 11.1 Å². The predicted octanol–water partition coefficient (Wildman–Crippen LogP) is 0.544. The van der Waals surface area contributed by atoms with Crippen molar-refractivity contribution in [1.29, 1.82) is 0 Å². The molecule has 0 saturated carbocycles. The van der Waals surface area contributed by atoms with Gasteiger partial charge in [-0.1, -0.05) is 0 Å². The van der Waals surface area contributed by atoms with Crippen LogP contribution in [0.3, 0.4) is 0 Å². The van der Waals surface area contributed by atoms with Crippen molar-refractivity contribution < 1.29 is 14.7 Å². The molecule has 0 aromatic rings. The van der Waals surface area contributed by atoms with Crippen LogP contribution in [0, 0.1) is 0 Å². The number of nitrogens with zero attached hydrogens (tertiary/aromatic N) is 1. The fourth-order valence-electron chi connectivity index (χ4n) is 0.104. The third-order valence-electron chi connectivity index (χ3n) is 0.393. The fourth-order valence-corrected chi connectivity index (χ4v) is 0.397. The quantitative estimate of drug-likeness (QED) is 0.244. The summed E-state index contributed by atoms with van der Waals surface area (Å²) in [6.07, 6.45) is 0. The maximum atomic E-state index is 10.2. The van der Waals surface area contributed by atoms with Gasteiger partial charge in [-0.15, -0.1) is 0 Å². The van der Waals surface area contributed by atoms with Gasteiger partial charge in [-0.2, -0.15) is 0 Å². The molecule has 0 spiro atoms. The molecule has 0 aliphatic carbocycles. The van der Waals surface area contributed by atoms with E-state index in [4.69, 9.17) is 9.05 Å². The van der Waals surface area contributed by atoms with E-state index in [-0.39, 0.29) is 0 Å². The molecule has 0 radical (unpaired) electrons. The molecule has 0 unspecified atom stereocenters. The Morgan fingerprint density at radius 1 is 1.89 bits per heavy atom. The molecule has 0 aromatic heterocycles. The van der Waals surface area contributed by atoms with E-state index in [9.17, 15) is 4.79 Å². The van der Waals surface area contributed by atoms with Gasteiger partial charge in [-0.3, -0.25) is 3.95 Å². The van der Waals surface area contributed by atoms with Gasteiger partial charge in [0.15, 0.2) is 5.76 Å². The number of rotatable bonds is 2. The van der Waals surface area contributed by atoms with Gasteiger partial charge in [-0.25, -0.2) is 4.79 Å². The van der Waals surface area contributed by atoms with E-state index in [1.54, 1.807) is 0 Å². The van der Waals surface area contributed by atoms with Gasteiger partial charge in [0.05, 0.1) is 0 Å². The van der Waals surface area contributed by atoms with Gasteiger partial charge >= 0.3 is 5.97 Å². The number of carbonyl (C=O) groups is 1. The lowest BCUT2D eigenvalue weighted by Gasteiger charge is -1.89. The summed E-state index contributed by atoms with van der Waals surface area (Å²) in [7, 11) is 0. The minimum atomic E-state index is -0.958. The largest absolute Gasteiger partial charge is 0.502 e. The standard InChI is InChI=1S/C3H5IN2O3/c1-2(7)3(8)9-6-4-5/h7H,1H2,(H2,5,6). The number of hydrogen-bond acceptors (Lipinski definition) is 4. The normalized spacial score (nSPS) is 10.3. The van der Waals surface area contributed by atoms with Crippen LogP contribution < -0.4 is 3.95 Å². The van der Waals surface area contributed by atoms with E-state index < -0.39 is 33.0 Å². The van der Waals surface area contributed by atoms with Crippen LogP contribution in [0.5, 0.6) is 0 Å². The minimum Gasteiger partial charge on any atom is -0.502 e. The van der Waals surface area contributed by atoms with Gasteiger partial charge in [0, 0.05) is 0 Å². The smallest absolute Gasteiger partial charge is 0.399 e. The van der Waals surface area contributed by atoms with Crippen LogP contribution in [0.15, 0.2) is 15.6 Å². The molecule has 0 aliphatic heterocycles. The average Bonchev–Trinajstić information content (AvgIpc) is 1.82. The molecule has 0 fully saturated rings. The van der Waals surface area contributed by atoms with Gasteiger partial charge in [-0.05, 0) is 9.89 Å². The maximum absolute atomic E-state index is 10.2. The second-order valence-electron chi connectivity index (χ2n) is 0.992. The first-order chi connectivity index (χ1) is 4.18. The summed E-state index contributed by atoms with van der Waals surface area (Å²) < 4.78 is 8.04. The van der Waals surface area contributed by atoms with Crippen molar-refractivity contribution in [2.75, 3.05) is 0 Å². The molecule has 0 saturated heterocycles. The zero-order valence-corrected chi connectivity index (χ0v) is 6.53. The third-order valence-corrected chi connectivity index (χ3v) is 0.817. The summed E-state index contributed by atoms with van der Waals surface area (Å²) in [6, 6.07) is 0. The number of hydrogen-bond donors (Lipinski definition) is 2. The summed E-state index contributed by atoms with van der Waals surface area (Å²) in [5.74, 6) is -1.63. The highest BCUT2D eigenvalue weighted by Crippen LogP contribution is 1.93. The monoisotopic (exact) mass is 244 g/mol. The Bertz CT molecular complexity index is 155. The number of aliphatic hydroxyl groups excluding tert-OH is 1. The Morgan fingerprint density at radius 3 is 2.78 bits per heavy atom. The van der Waals surface area contributed by atoms with Crippen molar-refractivity contribution in [3.8, 4) is 0 Å². The topological polar surface area (TPSA) is 84.9 Å². The summed E-state index contributed by atoms with van der Waals surface area (Å²) in [4.78, 5) is 14.2. The number of aliphatic hydroxyl groups is 1. The summed E-state index contributed by atoms with van der Waals surface area (Å²) >= 11 is -0.922. The van der Waals surface area contributed by atoms with Crippen molar-refractivity contribution in [3.05, 3.63) is 12.3 Å². The minimum absolute atomic E-state index is 0.670. The molecule has 0 aromatic carbocycles. The van der Waals surface area contributed by atoms with Crippen LogP contribution in [0.2, 0.25) is 0 Å². The van der Waals surface area contributed by atoms with E-state index >= 15 is 0 Å². The molecular formula is C3H5IN2O3. The molecule has 0 amide bonds. The second-order valence-corrected chi connectivity index (χ2v) is 1.94. The molecule has 0 aliphatic rings. The Hall–Kier alpha value is -0.500. The highest BCUT2D eigenvalue weighted by atomic mass is 127. The predicted molar refractivity (Wildman–Crippen MR) is 38.5 cm³/mol. The van der Waals surface area contributed by atoms with Crippen molar-refractivity contribution in [2.24, 2.45) is 7.26 Å². The average molecular weight is 244 g/mol. The van der Waals surface area contributed by atoms with E-state index in [1.807, 2.05) is 0 Å². The molecule has 0 rings (SSSR count). The molecule has 0 heterocycles. The zero-order chi connectivity index (χ0) is 7.28. The summed E-state index contributed by atoms with van der Waals surface area (Å²) in [5.41, 5.74) is 0. The van der Waals surface area contributed by atoms with Crippen LogP contribution >= 0.6 is 21.3 Å². The highest BCUT2D eigenvalue weighted by Gasteiger charge is 2.03. The molecule has 3 N–H and O–H groups in total. The number of nitrogens with two attached hydrogens (primary N) is 1. The Kier molecular flexibility index (Phi) is 4.14. The molecule has 0 atom stereocenters. The molecule has 6 heteroatoms. The van der Waals surface area contributed by atoms with E-state index in [2.05, 4.69) is 14.7 Å². The molecule has 52 valence electrons. The highest BCUT2D eigenvalue weighted by molar-refractivity contribution is 14.1. The molecular weight excluding hydrogens is 239 g/mol. The molecule has 0 bridgehead atoms. The zero-order valence-electron chi connectivity index (χ0n) is 4.37. The van der Waals surface area contributed by atoms with Crippen LogP contribution in [-0.2, 0) is 9.63 Å². The van der Waals surface area contributed by atoms with E-state index in [0.717, 1.165) is 0 Å². The maximum Gasteiger partial charge on any atom is 0.399 e. The lowest BCUT2D eigenvalue weighted by atomic mass is 10.6. The van der Waals surface area contributed by atoms with Crippen molar-refractivity contribution in [1.82, 2.24) is 0 Å². The third kappa shape index (κ3) is 4.03. The summed E-state index contributed by atoms with van der Waals surface area (Å²) in [5, 5.41) is 8.29. The SMILES string of the molecule is C=C(O)C(=O)ON=IN. The first kappa shape index (κ1) is 8.50. The Balaban J connectivity index is 3.65. The Labute approximate surface area is 62.0 Å². The van der Waals surface area contributed by atoms with Crippen LogP contribution in [0.25, 0.3) is 0 Å². The Morgan fingerprint density at radius 2 is 2.44 bits per heavy atom. The van der Waals surface area contributed by atoms with Crippen molar-refractivity contribution in [2.45, 2.75) is 0 Å². The number of halogens is 1. The lowest BCUT2D eigenvalue weighted by molar-refractivity contribution is -0.141. The lowest BCUT2D eigenvalue weighted by Crippen LogP contribution is -2.00. The first-order valence-electron chi connectivity index (χ1n) is 1.81. The molecule has 9 heavy (non-hydrogen) atoms. The molecule has 5 nitrogen and oxygen atoms in total. The van der Waals surface area contributed by atoms with Gasteiger partial charge in [0.1, 0.15) is 21.3 Å². The first-order valence-corrected chi connectivity index (χ1v) is 4.02. The van der Waals surface area contributed by atoms with Crippen LogP contribution in [0.4, 0.5) is 0 Å². The van der Waals surface area contributed by atoms with Crippen molar-refractivity contribution in [3.63, 3.8) is 0 Å². The van der Waals surface area contributed by atoms with Gasteiger partial charge in [0.2, 0.25) is 0 Å². The van der Waals surface area contributed by atoms with Crippen molar-refractivity contribution >= 4 is 27.3 Å². The van der Waals surface area contributed by atoms with E-state index in [0.29, 0.717) is 0 Å². The number of carbonyl (C=O) groups excluding carboxylic acids is 1. The second kappa shape index (κ2) is 4.39. The van der Waals surface area contributed by atoms with E-state index in [1.165, 1.54) is 0 Å². The summed E-state index contributed by atoms with van der Waals surface area (Å²) in [6.45, 7) is 2.90. The van der Waals surface area contributed by atoms with Gasteiger partial charge < -0.3 is 9.94 Å². The fraction of sp³-hybridized carbons (Fsp3) is 0.